The number of tetrazole rings is 1. The number of esters is 1. The Labute approximate surface area is 219 Å². The molecular weight excluding hydrogens is 520 g/mol. The zero-order valence-electron chi connectivity index (χ0n) is 19.8. The van der Waals surface area contributed by atoms with E-state index in [1.54, 1.807) is 40.6 Å². The van der Waals surface area contributed by atoms with Gasteiger partial charge in [-0.25, -0.2) is 4.79 Å². The quantitative estimate of drug-likeness (QED) is 0.129. The largest absolute Gasteiger partial charge is 0.497 e. The third-order valence-corrected chi connectivity index (χ3v) is 9.22. The van der Waals surface area contributed by atoms with Crippen molar-refractivity contribution in [2.75, 3.05) is 12.9 Å². The number of hydrogen-bond acceptors (Lipinski definition) is 11. The van der Waals surface area contributed by atoms with E-state index >= 15 is 0 Å². The second kappa shape index (κ2) is 10.0. The summed E-state index contributed by atoms with van der Waals surface area (Å²) in [6.07, 6.45) is 0.376. The van der Waals surface area contributed by atoms with E-state index in [-0.39, 0.29) is 23.6 Å². The third kappa shape index (κ3) is 4.85. The average Bonchev–Trinajstić information content (AvgIpc) is 3.46. The van der Waals surface area contributed by atoms with Gasteiger partial charge in [0.05, 0.1) is 34.3 Å². The molecule has 3 atom stereocenters. The Morgan fingerprint density at radius 2 is 1.97 bits per heavy atom. The van der Waals surface area contributed by atoms with Crippen molar-refractivity contribution < 1.29 is 24.0 Å². The van der Waals surface area contributed by atoms with E-state index < -0.39 is 21.7 Å². The van der Waals surface area contributed by atoms with Crippen molar-refractivity contribution in [3.05, 3.63) is 64.2 Å². The van der Waals surface area contributed by atoms with Crippen LogP contribution in [0.25, 0.3) is 5.69 Å². The van der Waals surface area contributed by atoms with Crippen molar-refractivity contribution in [3.8, 4) is 11.4 Å². The van der Waals surface area contributed by atoms with Gasteiger partial charge in [-0.3, -0.25) is 14.9 Å². The number of methoxy groups -OCH3 is 1. The first-order valence-corrected chi connectivity index (χ1v) is 13.1. The molecule has 14 heteroatoms. The van der Waals surface area contributed by atoms with E-state index in [2.05, 4.69) is 15.5 Å². The molecule has 192 valence electrons. The highest BCUT2D eigenvalue weighted by atomic mass is 32.2. The lowest BCUT2D eigenvalue weighted by atomic mass is 9.98. The molecule has 0 radical (unpaired) electrons. The lowest BCUT2D eigenvalue weighted by Crippen LogP contribution is -2.58. The number of nitro groups is 1. The minimum atomic E-state index is -0.778. The van der Waals surface area contributed by atoms with Crippen molar-refractivity contribution in [3.63, 3.8) is 0 Å². The normalized spacial score (nSPS) is 22.3. The Bertz CT molecular complexity index is 1330. The molecule has 12 nitrogen and oxygen atoms in total. The van der Waals surface area contributed by atoms with E-state index in [4.69, 9.17) is 9.47 Å². The lowest BCUT2D eigenvalue weighted by molar-refractivity contribution is -0.384. The summed E-state index contributed by atoms with van der Waals surface area (Å²) < 4.78 is 11.7. The number of rotatable bonds is 9. The molecule has 3 unspecified atom stereocenters. The Hall–Kier alpha value is -3.65. The molecule has 2 aliphatic rings. The van der Waals surface area contributed by atoms with Crippen molar-refractivity contribution in [2.45, 2.75) is 41.3 Å². The van der Waals surface area contributed by atoms with Gasteiger partial charge in [0.2, 0.25) is 11.1 Å². The van der Waals surface area contributed by atoms with E-state index in [0.29, 0.717) is 28.6 Å². The number of amides is 1. The van der Waals surface area contributed by atoms with Crippen LogP contribution in [0.4, 0.5) is 5.69 Å². The van der Waals surface area contributed by atoms with Gasteiger partial charge < -0.3 is 14.4 Å². The Morgan fingerprint density at radius 3 is 2.62 bits per heavy atom. The molecule has 0 spiro atoms. The summed E-state index contributed by atoms with van der Waals surface area (Å²) in [5.74, 6) is 0.558. The molecule has 1 aromatic heterocycles. The molecule has 1 amide bonds. The Morgan fingerprint density at radius 1 is 1.24 bits per heavy atom. The van der Waals surface area contributed by atoms with Crippen LogP contribution in [-0.2, 0) is 20.9 Å². The molecule has 2 fully saturated rings. The van der Waals surface area contributed by atoms with Gasteiger partial charge in [0, 0.05) is 17.9 Å². The fourth-order valence-corrected chi connectivity index (χ4v) is 7.18. The van der Waals surface area contributed by atoms with Crippen molar-refractivity contribution >= 4 is 41.1 Å². The fourth-order valence-electron chi connectivity index (χ4n) is 4.26. The minimum absolute atomic E-state index is 0.0436. The van der Waals surface area contributed by atoms with E-state index in [0.717, 1.165) is 5.69 Å². The molecule has 0 N–H and O–H groups in total. The molecule has 2 aliphatic heterocycles. The van der Waals surface area contributed by atoms with Crippen LogP contribution in [-0.4, -0.2) is 70.9 Å². The summed E-state index contributed by atoms with van der Waals surface area (Å²) in [6.45, 7) is 1.89. The minimum Gasteiger partial charge on any atom is -0.497 e. The van der Waals surface area contributed by atoms with Crippen LogP contribution in [0.2, 0.25) is 0 Å². The molecule has 3 heterocycles. The summed E-state index contributed by atoms with van der Waals surface area (Å²) in [4.78, 5) is 37.6. The number of nitrogens with zero attached hydrogens (tertiary/aromatic N) is 6. The highest BCUT2D eigenvalue weighted by molar-refractivity contribution is 8.04. The summed E-state index contributed by atoms with van der Waals surface area (Å²) in [5.41, 5.74) is 1.33. The molecule has 2 saturated heterocycles. The monoisotopic (exact) mass is 542 g/mol. The predicted molar refractivity (Wildman–Crippen MR) is 134 cm³/mol. The first kappa shape index (κ1) is 25.0. The van der Waals surface area contributed by atoms with Gasteiger partial charge in [0.1, 0.15) is 18.4 Å². The second-order valence-electron chi connectivity index (χ2n) is 8.68. The predicted octanol–water partition coefficient (Wildman–Crippen LogP) is 2.85. The van der Waals surface area contributed by atoms with E-state index in [1.807, 2.05) is 31.2 Å². The number of hydrogen-bond donors (Lipinski definition) is 0. The van der Waals surface area contributed by atoms with Crippen LogP contribution in [0.3, 0.4) is 0 Å². The van der Waals surface area contributed by atoms with Gasteiger partial charge in [-0.05, 0) is 59.3 Å². The SMILES string of the molecule is COc1ccc(-n2nnnc2SCC2(C)SC3CC(=O)N3C2C(=O)OCc2ccc([N+](=O)[O-])cc2)cc1. The number of β-lactam (4-membered cyclic amide) rings is 1. The topological polar surface area (TPSA) is 143 Å². The van der Waals surface area contributed by atoms with E-state index in [9.17, 15) is 19.7 Å². The maximum atomic E-state index is 13.3. The number of aromatic nitrogens is 4. The molecular formula is C23H22N6O6S2. The van der Waals surface area contributed by atoms with Crippen LogP contribution in [0.5, 0.6) is 5.75 Å². The first-order chi connectivity index (χ1) is 17.8. The van der Waals surface area contributed by atoms with Gasteiger partial charge in [-0.15, -0.1) is 16.9 Å². The number of benzene rings is 2. The van der Waals surface area contributed by atoms with Gasteiger partial charge in [-0.2, -0.15) is 4.68 Å². The van der Waals surface area contributed by atoms with Gasteiger partial charge in [0.15, 0.2) is 0 Å². The zero-order valence-corrected chi connectivity index (χ0v) is 21.5. The first-order valence-electron chi connectivity index (χ1n) is 11.2. The van der Waals surface area contributed by atoms with Crippen molar-refractivity contribution in [1.82, 2.24) is 25.1 Å². The van der Waals surface area contributed by atoms with Gasteiger partial charge in [-0.1, -0.05) is 11.8 Å². The van der Waals surface area contributed by atoms with Crippen LogP contribution >= 0.6 is 23.5 Å². The molecule has 37 heavy (non-hydrogen) atoms. The highest BCUT2D eigenvalue weighted by Gasteiger charge is 2.61. The lowest BCUT2D eigenvalue weighted by Gasteiger charge is -2.37. The summed E-state index contributed by atoms with van der Waals surface area (Å²) in [6, 6.07) is 12.3. The smallest absolute Gasteiger partial charge is 0.330 e. The van der Waals surface area contributed by atoms with Gasteiger partial charge in [0.25, 0.3) is 5.69 Å². The summed E-state index contributed by atoms with van der Waals surface area (Å²) >= 11 is 2.97. The van der Waals surface area contributed by atoms with E-state index in [1.165, 1.54) is 23.9 Å². The number of carbonyl (C=O) groups is 2. The van der Waals surface area contributed by atoms with Crippen LogP contribution in [0.1, 0.15) is 18.9 Å². The molecule has 0 bridgehead atoms. The number of nitro benzene ring substituents is 1. The molecule has 2 aromatic carbocycles. The number of carbonyl (C=O) groups excluding carboxylic acids is 2. The fraction of sp³-hybridized carbons (Fsp3) is 0.348. The van der Waals surface area contributed by atoms with Crippen LogP contribution < -0.4 is 4.74 Å². The third-order valence-electron chi connectivity index (χ3n) is 6.21. The zero-order chi connectivity index (χ0) is 26.2. The summed E-state index contributed by atoms with van der Waals surface area (Å²) in [7, 11) is 1.59. The Kier molecular flexibility index (Phi) is 6.77. The number of ether oxygens (including phenoxy) is 2. The maximum Gasteiger partial charge on any atom is 0.330 e. The maximum absolute atomic E-state index is 13.3. The second-order valence-corrected chi connectivity index (χ2v) is 11.3. The summed E-state index contributed by atoms with van der Waals surface area (Å²) in [5, 5.41) is 23.3. The molecule has 0 aliphatic carbocycles. The molecule has 5 rings (SSSR count). The number of thioether (sulfide) groups is 2. The van der Waals surface area contributed by atoms with Gasteiger partial charge >= 0.3 is 5.97 Å². The van der Waals surface area contributed by atoms with Crippen LogP contribution in [0, 0.1) is 10.1 Å². The Balaban J connectivity index is 1.29. The number of non-ortho nitro benzene ring substituents is 1. The highest BCUT2D eigenvalue weighted by Crippen LogP contribution is 2.52. The molecule has 0 saturated carbocycles. The average molecular weight is 543 g/mol. The standard InChI is InChI=1S/C23H22N6O6S2/c1-23(13-36-22-24-25-26-28(22)15-7-9-17(34-2)10-8-15)20(27-18(30)11-19(27)37-23)21(31)35-12-14-3-5-16(6-4-14)29(32)33/h3-10,19-20H,11-13H2,1-2H3. The number of fused-ring (bicyclic) bond motifs is 1. The van der Waals surface area contributed by atoms with Crippen LogP contribution in [0.15, 0.2) is 53.7 Å². The van der Waals surface area contributed by atoms with Crippen molar-refractivity contribution in [1.29, 1.82) is 0 Å². The van der Waals surface area contributed by atoms with Crippen molar-refractivity contribution in [2.24, 2.45) is 0 Å². The molecule has 3 aromatic rings.